The number of rotatable bonds is 3. The van der Waals surface area contributed by atoms with Crippen molar-refractivity contribution >= 4 is 21.8 Å². The monoisotopic (exact) mass is 355 g/mol. The number of benzene rings is 3. The average Bonchev–Trinajstić information content (AvgIpc) is 3.34. The summed E-state index contributed by atoms with van der Waals surface area (Å²) in [7, 11) is 0. The molecule has 2 heterocycles. The van der Waals surface area contributed by atoms with Gasteiger partial charge in [-0.2, -0.15) is 4.98 Å². The van der Waals surface area contributed by atoms with Crippen molar-refractivity contribution in [2.75, 3.05) is 0 Å². The normalized spacial score (nSPS) is 11.7. The van der Waals surface area contributed by atoms with Crippen molar-refractivity contribution < 1.29 is 4.52 Å². The zero-order valence-electron chi connectivity index (χ0n) is 15.0. The van der Waals surface area contributed by atoms with E-state index in [1.165, 1.54) is 5.39 Å². The molecule has 0 aliphatic rings. The highest BCUT2D eigenvalue weighted by molar-refractivity contribution is 5.86. The van der Waals surface area contributed by atoms with Crippen LogP contribution in [0.2, 0.25) is 0 Å². The predicted molar refractivity (Wildman–Crippen MR) is 104 cm³/mol. The number of hydrogen-bond acceptors (Lipinski definition) is 5. The van der Waals surface area contributed by atoms with Gasteiger partial charge >= 0.3 is 0 Å². The number of fused-ring (bicyclic) bond motifs is 2. The van der Waals surface area contributed by atoms with Crippen molar-refractivity contribution in [2.24, 2.45) is 0 Å². The first-order valence-electron chi connectivity index (χ1n) is 8.87. The van der Waals surface area contributed by atoms with E-state index in [9.17, 15) is 0 Å². The lowest BCUT2D eigenvalue weighted by Gasteiger charge is -2.04. The van der Waals surface area contributed by atoms with Gasteiger partial charge in [0, 0.05) is 17.2 Å². The van der Waals surface area contributed by atoms with Gasteiger partial charge in [-0.1, -0.05) is 46.8 Å². The molecule has 5 rings (SSSR count). The standard InChI is InChI=1S/C21H17N5O/c1-13(2)26-19-10-9-17(12-18(19)23-25-26)21-22-20(24-27-21)16-8-7-14-5-3-4-6-15(14)11-16/h3-13H,1-2H3. The summed E-state index contributed by atoms with van der Waals surface area (Å²) in [6, 6.07) is 20.5. The lowest BCUT2D eigenvalue weighted by molar-refractivity contribution is 0.432. The van der Waals surface area contributed by atoms with Crippen LogP contribution >= 0.6 is 0 Å². The molecule has 132 valence electrons. The Morgan fingerprint density at radius 1 is 0.889 bits per heavy atom. The minimum absolute atomic E-state index is 0.253. The third kappa shape index (κ3) is 2.66. The Bertz CT molecular complexity index is 1270. The SMILES string of the molecule is CC(C)n1nnc2cc(-c3nc(-c4ccc5ccccc5c4)no3)ccc21. The molecule has 6 nitrogen and oxygen atoms in total. The van der Waals surface area contributed by atoms with Crippen LogP contribution in [-0.2, 0) is 0 Å². The maximum atomic E-state index is 5.50. The van der Waals surface area contributed by atoms with Crippen molar-refractivity contribution in [2.45, 2.75) is 19.9 Å². The van der Waals surface area contributed by atoms with Gasteiger partial charge in [0.1, 0.15) is 5.52 Å². The van der Waals surface area contributed by atoms with Gasteiger partial charge in [0.05, 0.1) is 5.52 Å². The van der Waals surface area contributed by atoms with Gasteiger partial charge < -0.3 is 4.52 Å². The second kappa shape index (κ2) is 6.02. The first-order chi connectivity index (χ1) is 13.2. The van der Waals surface area contributed by atoms with Gasteiger partial charge in [-0.15, -0.1) is 5.10 Å². The lowest BCUT2D eigenvalue weighted by atomic mass is 10.1. The minimum Gasteiger partial charge on any atom is -0.334 e. The first-order valence-corrected chi connectivity index (χ1v) is 8.87. The summed E-state index contributed by atoms with van der Waals surface area (Å²) >= 11 is 0. The maximum Gasteiger partial charge on any atom is 0.258 e. The van der Waals surface area contributed by atoms with E-state index in [1.807, 2.05) is 41.1 Å². The molecule has 0 aliphatic carbocycles. The Balaban J connectivity index is 1.53. The van der Waals surface area contributed by atoms with Crippen molar-refractivity contribution in [3.63, 3.8) is 0 Å². The molecule has 5 aromatic rings. The molecule has 0 spiro atoms. The third-order valence-electron chi connectivity index (χ3n) is 4.64. The molecule has 6 heteroatoms. The van der Waals surface area contributed by atoms with E-state index in [0.717, 1.165) is 27.5 Å². The smallest absolute Gasteiger partial charge is 0.258 e. The van der Waals surface area contributed by atoms with Gasteiger partial charge in [-0.25, -0.2) is 4.68 Å². The van der Waals surface area contributed by atoms with E-state index in [-0.39, 0.29) is 6.04 Å². The van der Waals surface area contributed by atoms with Crippen LogP contribution in [0.3, 0.4) is 0 Å². The Morgan fingerprint density at radius 3 is 2.56 bits per heavy atom. The van der Waals surface area contributed by atoms with E-state index in [4.69, 9.17) is 4.52 Å². The fraction of sp³-hybridized carbons (Fsp3) is 0.143. The van der Waals surface area contributed by atoms with E-state index in [0.29, 0.717) is 11.7 Å². The molecule has 0 aliphatic heterocycles. The Labute approximate surface area is 155 Å². The van der Waals surface area contributed by atoms with E-state index in [1.54, 1.807) is 0 Å². The van der Waals surface area contributed by atoms with Crippen LogP contribution in [0, 0.1) is 0 Å². The molecule has 0 saturated heterocycles. The van der Waals surface area contributed by atoms with E-state index < -0.39 is 0 Å². The summed E-state index contributed by atoms with van der Waals surface area (Å²) in [6.45, 7) is 4.16. The summed E-state index contributed by atoms with van der Waals surface area (Å²) in [6.07, 6.45) is 0. The van der Waals surface area contributed by atoms with Crippen molar-refractivity contribution in [1.82, 2.24) is 25.1 Å². The molecule has 0 radical (unpaired) electrons. The van der Waals surface area contributed by atoms with Gasteiger partial charge in [0.15, 0.2) is 0 Å². The van der Waals surface area contributed by atoms with Crippen LogP contribution in [0.15, 0.2) is 65.2 Å². The van der Waals surface area contributed by atoms with Crippen LogP contribution < -0.4 is 0 Å². The number of aromatic nitrogens is 5. The zero-order chi connectivity index (χ0) is 18.4. The molecule has 0 saturated carbocycles. The second-order valence-electron chi connectivity index (χ2n) is 6.82. The molecule has 0 fully saturated rings. The van der Waals surface area contributed by atoms with E-state index >= 15 is 0 Å². The van der Waals surface area contributed by atoms with Crippen LogP contribution in [0.4, 0.5) is 0 Å². The quantitative estimate of drug-likeness (QED) is 0.461. The Hall–Kier alpha value is -3.54. The summed E-state index contributed by atoms with van der Waals surface area (Å²) in [5.41, 5.74) is 3.56. The molecule has 3 aromatic carbocycles. The highest BCUT2D eigenvalue weighted by Crippen LogP contribution is 2.27. The van der Waals surface area contributed by atoms with Gasteiger partial charge in [-0.05, 0) is 48.9 Å². The van der Waals surface area contributed by atoms with Gasteiger partial charge in [0.25, 0.3) is 5.89 Å². The molecule has 0 N–H and O–H groups in total. The van der Waals surface area contributed by atoms with Crippen molar-refractivity contribution in [3.05, 3.63) is 60.7 Å². The Morgan fingerprint density at radius 2 is 1.70 bits per heavy atom. The number of hydrogen-bond donors (Lipinski definition) is 0. The summed E-state index contributed by atoms with van der Waals surface area (Å²) in [4.78, 5) is 4.57. The molecular formula is C21H17N5O. The minimum atomic E-state index is 0.253. The molecular weight excluding hydrogens is 338 g/mol. The first kappa shape index (κ1) is 15.7. The number of nitrogens with zero attached hydrogens (tertiary/aromatic N) is 5. The molecule has 0 unspecified atom stereocenters. The fourth-order valence-electron chi connectivity index (χ4n) is 3.24. The predicted octanol–water partition coefficient (Wildman–Crippen LogP) is 4.88. The highest BCUT2D eigenvalue weighted by Gasteiger charge is 2.14. The lowest BCUT2D eigenvalue weighted by Crippen LogP contribution is -2.02. The fourth-order valence-corrected chi connectivity index (χ4v) is 3.24. The molecule has 0 amide bonds. The molecule has 27 heavy (non-hydrogen) atoms. The van der Waals surface area contributed by atoms with Crippen LogP contribution in [0.5, 0.6) is 0 Å². The summed E-state index contributed by atoms with van der Waals surface area (Å²) in [5.74, 6) is 1.04. The molecule has 0 atom stereocenters. The summed E-state index contributed by atoms with van der Waals surface area (Å²) < 4.78 is 7.40. The topological polar surface area (TPSA) is 69.6 Å². The average molecular weight is 355 g/mol. The van der Waals surface area contributed by atoms with Crippen molar-refractivity contribution in [1.29, 1.82) is 0 Å². The van der Waals surface area contributed by atoms with Gasteiger partial charge in [-0.3, -0.25) is 0 Å². The Kier molecular flexibility index (Phi) is 3.50. The van der Waals surface area contributed by atoms with Crippen LogP contribution in [-0.4, -0.2) is 25.1 Å². The van der Waals surface area contributed by atoms with Crippen molar-refractivity contribution in [3.8, 4) is 22.8 Å². The largest absolute Gasteiger partial charge is 0.334 e. The summed E-state index contributed by atoms with van der Waals surface area (Å²) in [5, 5.41) is 14.9. The maximum absolute atomic E-state index is 5.50. The van der Waals surface area contributed by atoms with Crippen LogP contribution in [0.25, 0.3) is 44.6 Å². The zero-order valence-corrected chi connectivity index (χ0v) is 15.0. The van der Waals surface area contributed by atoms with Gasteiger partial charge in [0.2, 0.25) is 5.82 Å². The second-order valence-corrected chi connectivity index (χ2v) is 6.82. The molecule has 2 aromatic heterocycles. The van der Waals surface area contributed by atoms with Crippen LogP contribution in [0.1, 0.15) is 19.9 Å². The third-order valence-corrected chi connectivity index (χ3v) is 4.64. The van der Waals surface area contributed by atoms with E-state index in [2.05, 4.69) is 58.6 Å². The molecule has 0 bridgehead atoms. The highest BCUT2D eigenvalue weighted by atomic mass is 16.5.